The normalized spacial score (nSPS) is 26.6. The van der Waals surface area contributed by atoms with E-state index in [9.17, 15) is 22.0 Å². The quantitative estimate of drug-likeness (QED) is 0.610. The summed E-state index contributed by atoms with van der Waals surface area (Å²) in [5.41, 5.74) is 0.707. The van der Waals surface area contributed by atoms with Gasteiger partial charge in [-0.3, -0.25) is 4.90 Å². The first kappa shape index (κ1) is 20.2. The van der Waals surface area contributed by atoms with E-state index < -0.39 is 18.6 Å². The minimum atomic E-state index is -5.56. The van der Waals surface area contributed by atoms with Gasteiger partial charge in [-0.1, -0.05) is 0 Å². The molecule has 0 N–H and O–H groups in total. The lowest BCUT2D eigenvalue weighted by Crippen LogP contribution is -2.60. The third kappa shape index (κ3) is 3.71. The van der Waals surface area contributed by atoms with Crippen molar-refractivity contribution in [2.24, 2.45) is 11.8 Å². The number of likely N-dealkylation sites (tertiary alicyclic amines) is 1. The number of aromatic nitrogens is 2. The summed E-state index contributed by atoms with van der Waals surface area (Å²) in [5.74, 6) is -5.02. The SMILES string of the molecule is FC(F)(F)C(F)(F)CN1CC2COCC(C1)C2Oc1ncnc2c(Br)csc12. The van der Waals surface area contributed by atoms with Crippen LogP contribution in [-0.2, 0) is 4.74 Å². The lowest BCUT2D eigenvalue weighted by atomic mass is 9.84. The Balaban J connectivity index is 1.51. The third-order valence-electron chi connectivity index (χ3n) is 4.94. The number of alkyl halides is 5. The molecular formula is C16H15BrF5N3O2S. The van der Waals surface area contributed by atoms with Crippen molar-refractivity contribution in [2.45, 2.75) is 18.2 Å². The second-order valence-corrected chi connectivity index (χ2v) is 8.71. The molecule has 0 spiro atoms. The van der Waals surface area contributed by atoms with Crippen molar-refractivity contribution in [3.63, 3.8) is 0 Å². The molecular weight excluding hydrogens is 473 g/mol. The monoisotopic (exact) mass is 487 g/mol. The van der Waals surface area contributed by atoms with E-state index >= 15 is 0 Å². The molecule has 2 aromatic heterocycles. The van der Waals surface area contributed by atoms with E-state index in [1.54, 1.807) is 0 Å². The predicted octanol–water partition coefficient (Wildman–Crippen LogP) is 3.98. The molecule has 2 saturated heterocycles. The van der Waals surface area contributed by atoms with Crippen LogP contribution in [0.5, 0.6) is 5.88 Å². The van der Waals surface area contributed by atoms with Gasteiger partial charge in [-0.15, -0.1) is 11.3 Å². The Hall–Kier alpha value is -1.11. The number of rotatable bonds is 4. The van der Waals surface area contributed by atoms with Gasteiger partial charge in [0, 0.05) is 30.3 Å². The molecule has 12 heteroatoms. The zero-order valence-electron chi connectivity index (χ0n) is 14.3. The zero-order valence-corrected chi connectivity index (χ0v) is 16.7. The fraction of sp³-hybridized carbons (Fsp3) is 0.625. The van der Waals surface area contributed by atoms with Gasteiger partial charge < -0.3 is 9.47 Å². The molecule has 2 atom stereocenters. The summed E-state index contributed by atoms with van der Waals surface area (Å²) in [7, 11) is 0. The van der Waals surface area contributed by atoms with Crippen molar-refractivity contribution in [3.8, 4) is 5.88 Å². The second kappa shape index (κ2) is 7.29. The van der Waals surface area contributed by atoms with E-state index in [4.69, 9.17) is 9.47 Å². The number of hydrogen-bond acceptors (Lipinski definition) is 6. The standard InChI is InChI=1S/C16H15BrF5N3O2S/c17-10-5-28-13-11(10)23-7-24-14(13)27-12-8-1-25(2-9(12)4-26-3-8)6-15(18,19)16(20,21)22/h5,7-9,12H,1-4,6H2. The Kier molecular flexibility index (Phi) is 5.26. The molecule has 0 amide bonds. The van der Waals surface area contributed by atoms with E-state index in [0.717, 1.165) is 14.1 Å². The average molecular weight is 488 g/mol. The van der Waals surface area contributed by atoms with Crippen LogP contribution in [0.2, 0.25) is 0 Å². The summed E-state index contributed by atoms with van der Waals surface area (Å²) in [4.78, 5) is 9.53. The summed E-state index contributed by atoms with van der Waals surface area (Å²) in [6, 6.07) is 0. The topological polar surface area (TPSA) is 47.5 Å². The van der Waals surface area contributed by atoms with Gasteiger partial charge in [0.1, 0.15) is 22.6 Å². The minimum Gasteiger partial charge on any atom is -0.472 e. The molecule has 2 bridgehead atoms. The Morgan fingerprint density at radius 3 is 2.50 bits per heavy atom. The largest absolute Gasteiger partial charge is 0.472 e. The Bertz CT molecular complexity index is 850. The first-order chi connectivity index (χ1) is 13.2. The Morgan fingerprint density at radius 2 is 1.86 bits per heavy atom. The molecule has 5 nitrogen and oxygen atoms in total. The van der Waals surface area contributed by atoms with Crippen LogP contribution in [0.15, 0.2) is 16.2 Å². The minimum absolute atomic E-state index is 0.0369. The molecule has 2 unspecified atom stereocenters. The van der Waals surface area contributed by atoms with Gasteiger partial charge in [0.2, 0.25) is 5.88 Å². The maximum absolute atomic E-state index is 13.5. The number of thiophene rings is 1. The summed E-state index contributed by atoms with van der Waals surface area (Å²) in [6.45, 7) is -0.814. The number of ether oxygens (including phenoxy) is 2. The van der Waals surface area contributed by atoms with Crippen LogP contribution in [0.4, 0.5) is 22.0 Å². The Morgan fingerprint density at radius 1 is 1.18 bits per heavy atom. The molecule has 2 aliphatic heterocycles. The molecule has 2 fully saturated rings. The van der Waals surface area contributed by atoms with Crippen LogP contribution in [-0.4, -0.2) is 65.9 Å². The molecule has 2 aromatic rings. The van der Waals surface area contributed by atoms with E-state index in [1.807, 2.05) is 5.38 Å². The van der Waals surface area contributed by atoms with Gasteiger partial charge in [-0.25, -0.2) is 9.97 Å². The van der Waals surface area contributed by atoms with Gasteiger partial charge in [0.05, 0.1) is 24.2 Å². The highest BCUT2D eigenvalue weighted by atomic mass is 79.9. The van der Waals surface area contributed by atoms with Crippen molar-refractivity contribution in [1.29, 1.82) is 0 Å². The molecule has 4 rings (SSSR count). The molecule has 2 aliphatic rings. The van der Waals surface area contributed by atoms with Gasteiger partial charge in [-0.05, 0) is 15.9 Å². The zero-order chi connectivity index (χ0) is 20.1. The lowest BCUT2D eigenvalue weighted by molar-refractivity contribution is -0.289. The fourth-order valence-electron chi connectivity index (χ4n) is 3.70. The number of hydrogen-bond donors (Lipinski definition) is 0. The molecule has 154 valence electrons. The first-order valence-electron chi connectivity index (χ1n) is 8.45. The van der Waals surface area contributed by atoms with Crippen molar-refractivity contribution in [2.75, 3.05) is 32.8 Å². The molecule has 4 heterocycles. The van der Waals surface area contributed by atoms with Gasteiger partial charge >= 0.3 is 12.1 Å². The molecule has 0 aromatic carbocycles. The van der Waals surface area contributed by atoms with Crippen LogP contribution in [0.1, 0.15) is 0 Å². The van der Waals surface area contributed by atoms with Crippen LogP contribution < -0.4 is 4.74 Å². The van der Waals surface area contributed by atoms with Crippen LogP contribution in [0.3, 0.4) is 0 Å². The second-order valence-electron chi connectivity index (χ2n) is 6.98. The summed E-state index contributed by atoms with van der Waals surface area (Å²) in [5, 5.41) is 1.86. The van der Waals surface area contributed by atoms with Gasteiger partial charge in [0.15, 0.2) is 0 Å². The van der Waals surface area contributed by atoms with Crippen molar-refractivity contribution in [1.82, 2.24) is 14.9 Å². The highest BCUT2D eigenvalue weighted by Gasteiger charge is 2.59. The third-order valence-corrected chi connectivity index (χ3v) is 6.81. The van der Waals surface area contributed by atoms with Crippen LogP contribution in [0.25, 0.3) is 10.2 Å². The lowest BCUT2D eigenvalue weighted by Gasteiger charge is -2.47. The molecule has 0 saturated carbocycles. The van der Waals surface area contributed by atoms with Crippen molar-refractivity contribution >= 4 is 37.5 Å². The molecule has 28 heavy (non-hydrogen) atoms. The maximum Gasteiger partial charge on any atom is 0.454 e. The fourth-order valence-corrected chi connectivity index (χ4v) is 5.22. The molecule has 0 radical (unpaired) electrons. The smallest absolute Gasteiger partial charge is 0.454 e. The highest BCUT2D eigenvalue weighted by molar-refractivity contribution is 9.10. The Labute approximate surface area is 169 Å². The number of piperidine rings is 1. The number of halogens is 6. The van der Waals surface area contributed by atoms with Gasteiger partial charge in [-0.2, -0.15) is 22.0 Å². The van der Waals surface area contributed by atoms with Gasteiger partial charge in [0.25, 0.3) is 0 Å². The molecule has 0 aliphatic carbocycles. The summed E-state index contributed by atoms with van der Waals surface area (Å²) >= 11 is 4.81. The van der Waals surface area contributed by atoms with Crippen molar-refractivity contribution < 1.29 is 31.4 Å². The van der Waals surface area contributed by atoms with E-state index in [2.05, 4.69) is 25.9 Å². The number of nitrogens with zero attached hydrogens (tertiary/aromatic N) is 3. The number of fused-ring (bicyclic) bond motifs is 3. The van der Waals surface area contributed by atoms with Crippen molar-refractivity contribution in [3.05, 3.63) is 16.2 Å². The highest BCUT2D eigenvalue weighted by Crippen LogP contribution is 2.40. The first-order valence-corrected chi connectivity index (χ1v) is 10.1. The van der Waals surface area contributed by atoms with Crippen LogP contribution in [0, 0.1) is 11.8 Å². The van der Waals surface area contributed by atoms with E-state index in [0.29, 0.717) is 11.4 Å². The average Bonchev–Trinajstić information content (AvgIpc) is 2.96. The van der Waals surface area contributed by atoms with E-state index in [1.165, 1.54) is 17.7 Å². The maximum atomic E-state index is 13.5. The summed E-state index contributed by atoms with van der Waals surface area (Å²) < 4.78 is 77.7. The predicted molar refractivity (Wildman–Crippen MR) is 94.8 cm³/mol. The van der Waals surface area contributed by atoms with Crippen LogP contribution >= 0.6 is 27.3 Å². The van der Waals surface area contributed by atoms with E-state index in [-0.39, 0.29) is 44.2 Å². The summed E-state index contributed by atoms with van der Waals surface area (Å²) in [6.07, 6.45) is -4.56.